The van der Waals surface area contributed by atoms with E-state index in [0.29, 0.717) is 18.2 Å². The molecule has 0 radical (unpaired) electrons. The van der Waals surface area contributed by atoms with Crippen molar-refractivity contribution in [3.05, 3.63) is 18.2 Å². The molecule has 20 heavy (non-hydrogen) atoms. The Kier molecular flexibility index (Phi) is 4.25. The number of piperidine rings is 1. The molecule has 2 N–H and O–H groups in total. The summed E-state index contributed by atoms with van der Waals surface area (Å²) in [4.78, 5) is 0.166. The average Bonchev–Trinajstić information content (AvgIpc) is 2.40. The standard InChI is InChI=1S/C14H22N2O3S/c1-10-4-5-11(2)16(9-10)20(17,18)14-7-6-12(19-3)8-13(14)15/h6-8,10-11H,4-5,9,15H2,1-3H3. The van der Waals surface area contributed by atoms with Gasteiger partial charge >= 0.3 is 0 Å². The number of hydrogen-bond donors (Lipinski definition) is 1. The number of ether oxygens (including phenoxy) is 1. The first-order valence-electron chi connectivity index (χ1n) is 6.81. The Bertz CT molecular complexity index is 586. The topological polar surface area (TPSA) is 72.6 Å². The zero-order valence-electron chi connectivity index (χ0n) is 12.2. The lowest BCUT2D eigenvalue weighted by molar-refractivity contribution is 0.218. The maximum Gasteiger partial charge on any atom is 0.245 e. The minimum atomic E-state index is -3.55. The molecular formula is C14H22N2O3S. The number of methoxy groups -OCH3 is 1. The van der Waals surface area contributed by atoms with Gasteiger partial charge in [-0.15, -0.1) is 0 Å². The van der Waals surface area contributed by atoms with E-state index < -0.39 is 10.0 Å². The van der Waals surface area contributed by atoms with Crippen molar-refractivity contribution in [2.45, 2.75) is 37.6 Å². The first-order valence-corrected chi connectivity index (χ1v) is 8.25. The molecule has 0 saturated carbocycles. The van der Waals surface area contributed by atoms with Gasteiger partial charge in [-0.2, -0.15) is 4.31 Å². The summed E-state index contributed by atoms with van der Waals surface area (Å²) in [6.07, 6.45) is 1.95. The average molecular weight is 298 g/mol. The molecule has 0 aliphatic carbocycles. The van der Waals surface area contributed by atoms with Crippen LogP contribution in [0.4, 0.5) is 5.69 Å². The smallest absolute Gasteiger partial charge is 0.245 e. The van der Waals surface area contributed by atoms with Crippen LogP contribution in [-0.4, -0.2) is 32.4 Å². The van der Waals surface area contributed by atoms with Crippen LogP contribution in [0.15, 0.2) is 23.1 Å². The molecule has 6 heteroatoms. The van der Waals surface area contributed by atoms with E-state index in [2.05, 4.69) is 6.92 Å². The Morgan fingerprint density at radius 2 is 2.00 bits per heavy atom. The molecule has 2 atom stereocenters. The van der Waals surface area contributed by atoms with Crippen LogP contribution in [0.1, 0.15) is 26.7 Å². The highest BCUT2D eigenvalue weighted by atomic mass is 32.2. The van der Waals surface area contributed by atoms with Crippen molar-refractivity contribution in [3.8, 4) is 5.75 Å². The second-order valence-electron chi connectivity index (χ2n) is 5.51. The summed E-state index contributed by atoms with van der Waals surface area (Å²) >= 11 is 0. The SMILES string of the molecule is COc1ccc(S(=O)(=O)N2CC(C)CCC2C)c(N)c1. The van der Waals surface area contributed by atoms with Crippen LogP contribution in [0.5, 0.6) is 5.75 Å². The summed E-state index contributed by atoms with van der Waals surface area (Å²) in [5, 5.41) is 0. The molecule has 1 aliphatic rings. The molecule has 1 aliphatic heterocycles. The predicted octanol–water partition coefficient (Wildman–Crippen LogP) is 2.09. The highest BCUT2D eigenvalue weighted by Gasteiger charge is 2.34. The molecule has 2 rings (SSSR count). The van der Waals surface area contributed by atoms with Gasteiger partial charge in [-0.25, -0.2) is 8.42 Å². The Hall–Kier alpha value is -1.27. The lowest BCUT2D eigenvalue weighted by Crippen LogP contribution is -2.44. The zero-order valence-corrected chi connectivity index (χ0v) is 13.0. The fraction of sp³-hybridized carbons (Fsp3) is 0.571. The monoisotopic (exact) mass is 298 g/mol. The van der Waals surface area contributed by atoms with Crippen molar-refractivity contribution in [1.82, 2.24) is 4.31 Å². The van der Waals surface area contributed by atoms with Gasteiger partial charge in [-0.05, 0) is 37.8 Å². The minimum absolute atomic E-state index is 0.0118. The van der Waals surface area contributed by atoms with E-state index in [0.717, 1.165) is 12.8 Å². The van der Waals surface area contributed by atoms with Crippen molar-refractivity contribution < 1.29 is 13.2 Å². The van der Waals surface area contributed by atoms with Gasteiger partial charge in [0.2, 0.25) is 10.0 Å². The maximum absolute atomic E-state index is 12.8. The molecule has 1 heterocycles. The number of benzene rings is 1. The Labute approximate surface area is 120 Å². The first-order chi connectivity index (χ1) is 9.36. The van der Waals surface area contributed by atoms with Gasteiger partial charge in [-0.1, -0.05) is 6.92 Å². The minimum Gasteiger partial charge on any atom is -0.497 e. The molecule has 0 aromatic heterocycles. The Morgan fingerprint density at radius 1 is 1.30 bits per heavy atom. The molecule has 1 aromatic carbocycles. The molecule has 0 spiro atoms. The Balaban J connectivity index is 2.39. The van der Waals surface area contributed by atoms with Crippen molar-refractivity contribution in [2.24, 2.45) is 5.92 Å². The number of hydrogen-bond acceptors (Lipinski definition) is 4. The third-order valence-electron chi connectivity index (χ3n) is 3.86. The van der Waals surface area contributed by atoms with Crippen LogP contribution in [0.3, 0.4) is 0 Å². The van der Waals surface area contributed by atoms with Crippen molar-refractivity contribution in [3.63, 3.8) is 0 Å². The van der Waals surface area contributed by atoms with Crippen molar-refractivity contribution in [2.75, 3.05) is 19.4 Å². The number of nitrogen functional groups attached to an aromatic ring is 1. The number of nitrogens with two attached hydrogens (primary N) is 1. The molecule has 1 aromatic rings. The van der Waals surface area contributed by atoms with E-state index in [1.165, 1.54) is 13.2 Å². The predicted molar refractivity (Wildman–Crippen MR) is 79.2 cm³/mol. The van der Waals surface area contributed by atoms with Gasteiger partial charge in [0.1, 0.15) is 10.6 Å². The molecular weight excluding hydrogens is 276 g/mol. The molecule has 1 fully saturated rings. The zero-order chi connectivity index (χ0) is 14.9. The van der Waals surface area contributed by atoms with E-state index in [9.17, 15) is 8.42 Å². The van der Waals surface area contributed by atoms with Gasteiger partial charge in [-0.3, -0.25) is 0 Å². The third-order valence-corrected chi connectivity index (χ3v) is 5.92. The second-order valence-corrected chi connectivity index (χ2v) is 7.37. The molecule has 0 bridgehead atoms. The fourth-order valence-corrected chi connectivity index (χ4v) is 4.48. The van der Waals surface area contributed by atoms with E-state index in [-0.39, 0.29) is 16.6 Å². The van der Waals surface area contributed by atoms with Gasteiger partial charge in [0.15, 0.2) is 0 Å². The van der Waals surface area contributed by atoms with Crippen LogP contribution >= 0.6 is 0 Å². The maximum atomic E-state index is 12.8. The largest absolute Gasteiger partial charge is 0.497 e. The summed E-state index contributed by atoms with van der Waals surface area (Å²) in [6.45, 7) is 4.57. The van der Waals surface area contributed by atoms with Gasteiger partial charge in [0, 0.05) is 18.7 Å². The quantitative estimate of drug-likeness (QED) is 0.867. The summed E-state index contributed by atoms with van der Waals surface area (Å²) in [5.74, 6) is 0.932. The summed E-state index contributed by atoms with van der Waals surface area (Å²) in [6, 6.07) is 4.71. The van der Waals surface area contributed by atoms with Gasteiger partial charge in [0.25, 0.3) is 0 Å². The second kappa shape index (κ2) is 5.61. The van der Waals surface area contributed by atoms with Crippen LogP contribution in [-0.2, 0) is 10.0 Å². The van der Waals surface area contributed by atoms with Gasteiger partial charge in [0.05, 0.1) is 12.8 Å². The number of nitrogens with zero attached hydrogens (tertiary/aromatic N) is 1. The molecule has 0 amide bonds. The van der Waals surface area contributed by atoms with Crippen molar-refractivity contribution >= 4 is 15.7 Å². The number of sulfonamides is 1. The normalized spacial score (nSPS) is 24.6. The highest BCUT2D eigenvalue weighted by Crippen LogP contribution is 2.31. The molecule has 2 unspecified atom stereocenters. The van der Waals surface area contributed by atoms with Crippen LogP contribution in [0, 0.1) is 5.92 Å². The number of anilines is 1. The van der Waals surface area contributed by atoms with Crippen LogP contribution in [0.2, 0.25) is 0 Å². The van der Waals surface area contributed by atoms with Gasteiger partial charge < -0.3 is 10.5 Å². The molecule has 1 saturated heterocycles. The van der Waals surface area contributed by atoms with Crippen molar-refractivity contribution in [1.29, 1.82) is 0 Å². The summed E-state index contributed by atoms with van der Waals surface area (Å²) in [5.41, 5.74) is 6.12. The lowest BCUT2D eigenvalue weighted by Gasteiger charge is -2.35. The van der Waals surface area contributed by atoms with E-state index in [1.807, 2.05) is 6.92 Å². The molecule has 5 nitrogen and oxygen atoms in total. The number of rotatable bonds is 3. The Morgan fingerprint density at radius 3 is 2.60 bits per heavy atom. The van der Waals surface area contributed by atoms with E-state index in [1.54, 1.807) is 16.4 Å². The van der Waals surface area contributed by atoms with Crippen LogP contribution in [0.25, 0.3) is 0 Å². The van der Waals surface area contributed by atoms with E-state index in [4.69, 9.17) is 10.5 Å². The molecule has 112 valence electrons. The third kappa shape index (κ3) is 2.76. The lowest BCUT2D eigenvalue weighted by atomic mass is 9.97. The fourth-order valence-electron chi connectivity index (χ4n) is 2.60. The first kappa shape index (κ1) is 15.1. The highest BCUT2D eigenvalue weighted by molar-refractivity contribution is 7.89. The van der Waals surface area contributed by atoms with E-state index >= 15 is 0 Å². The van der Waals surface area contributed by atoms with Crippen LogP contribution < -0.4 is 10.5 Å². The summed E-state index contributed by atoms with van der Waals surface area (Å²) in [7, 11) is -2.02. The summed E-state index contributed by atoms with van der Waals surface area (Å²) < 4.78 is 32.2.